The second-order valence-corrected chi connectivity index (χ2v) is 4.87. The maximum atomic E-state index is 10.9. The number of aromatic nitrogens is 3. The van der Waals surface area contributed by atoms with Crippen molar-refractivity contribution in [2.75, 3.05) is 11.9 Å². The van der Waals surface area contributed by atoms with Gasteiger partial charge in [0.2, 0.25) is 0 Å². The van der Waals surface area contributed by atoms with Gasteiger partial charge in [0.15, 0.2) is 11.4 Å². The molecule has 0 radical (unpaired) electrons. The monoisotopic (exact) mass is 288 g/mol. The van der Waals surface area contributed by atoms with Gasteiger partial charge < -0.3 is 15.5 Å². The molecule has 0 saturated carbocycles. The minimum atomic E-state index is -1.87. The van der Waals surface area contributed by atoms with E-state index in [0.717, 1.165) is 0 Å². The van der Waals surface area contributed by atoms with Crippen LogP contribution in [0.25, 0.3) is 11.5 Å². The van der Waals surface area contributed by atoms with Crippen LogP contribution < -0.4 is 5.32 Å². The number of nitrogens with zero attached hydrogens (tertiary/aromatic N) is 3. The number of hydrogen-bond acceptors (Lipinski definition) is 6. The summed E-state index contributed by atoms with van der Waals surface area (Å²) in [4.78, 5) is 23.6. The molecule has 0 aliphatic carbocycles. The van der Waals surface area contributed by atoms with Crippen molar-refractivity contribution in [3.8, 4) is 11.5 Å². The van der Waals surface area contributed by atoms with Gasteiger partial charge in [0, 0.05) is 18.0 Å². The number of anilines is 1. The lowest BCUT2D eigenvalue weighted by atomic mass is 10.1. The van der Waals surface area contributed by atoms with E-state index in [1.54, 1.807) is 31.3 Å². The molecule has 7 heteroatoms. The quantitative estimate of drug-likeness (QED) is 0.755. The topological polar surface area (TPSA) is 108 Å². The van der Waals surface area contributed by atoms with Crippen LogP contribution in [0.3, 0.4) is 0 Å². The van der Waals surface area contributed by atoms with Crippen LogP contribution in [0.5, 0.6) is 0 Å². The van der Waals surface area contributed by atoms with Gasteiger partial charge in [-0.1, -0.05) is 6.07 Å². The first-order valence-corrected chi connectivity index (χ1v) is 6.35. The Balaban J connectivity index is 2.22. The summed E-state index contributed by atoms with van der Waals surface area (Å²) in [5.74, 6) is -0.427. The molecule has 0 aliphatic rings. The van der Waals surface area contributed by atoms with Crippen LogP contribution in [-0.2, 0) is 4.79 Å². The zero-order valence-corrected chi connectivity index (χ0v) is 11.7. The number of carboxylic acid groups (broad SMARTS) is 1. The molecule has 0 aliphatic heterocycles. The van der Waals surface area contributed by atoms with Gasteiger partial charge in [0.1, 0.15) is 11.5 Å². The van der Waals surface area contributed by atoms with E-state index in [2.05, 4.69) is 20.3 Å². The molecule has 21 heavy (non-hydrogen) atoms. The van der Waals surface area contributed by atoms with Crippen molar-refractivity contribution in [1.82, 2.24) is 15.0 Å². The Hall–Kier alpha value is -2.54. The van der Waals surface area contributed by atoms with Gasteiger partial charge in [-0.05, 0) is 26.0 Å². The number of aliphatic carboxylic acids is 1. The Morgan fingerprint density at radius 2 is 2.14 bits per heavy atom. The lowest BCUT2D eigenvalue weighted by Crippen LogP contribution is -2.42. The molecule has 3 N–H and O–H groups in total. The number of rotatable bonds is 5. The third kappa shape index (κ3) is 3.73. The highest BCUT2D eigenvalue weighted by atomic mass is 16.4. The molecule has 1 atom stereocenters. The van der Waals surface area contributed by atoms with Crippen molar-refractivity contribution < 1.29 is 15.0 Å². The molecule has 2 rings (SSSR count). The zero-order chi connectivity index (χ0) is 15.5. The number of carboxylic acids is 1. The van der Waals surface area contributed by atoms with Crippen molar-refractivity contribution in [3.63, 3.8) is 0 Å². The second kappa shape index (κ2) is 5.84. The van der Waals surface area contributed by atoms with E-state index in [-0.39, 0.29) is 6.54 Å². The molecule has 110 valence electrons. The Kier molecular flexibility index (Phi) is 4.13. The fourth-order valence-corrected chi connectivity index (χ4v) is 1.61. The molecule has 0 bridgehead atoms. The average molecular weight is 288 g/mol. The van der Waals surface area contributed by atoms with Crippen LogP contribution in [0.15, 0.2) is 30.5 Å². The van der Waals surface area contributed by atoms with Crippen molar-refractivity contribution in [2.45, 2.75) is 19.4 Å². The summed E-state index contributed by atoms with van der Waals surface area (Å²) in [6.45, 7) is 2.85. The van der Waals surface area contributed by atoms with Gasteiger partial charge in [0.25, 0.3) is 0 Å². The summed E-state index contributed by atoms with van der Waals surface area (Å²) in [6.07, 6.45) is 1.64. The summed E-state index contributed by atoms with van der Waals surface area (Å²) in [5.41, 5.74) is -0.540. The first-order chi connectivity index (χ1) is 9.88. The molecular formula is C14H16N4O3. The van der Waals surface area contributed by atoms with Gasteiger partial charge >= 0.3 is 5.97 Å². The lowest BCUT2D eigenvalue weighted by Gasteiger charge is -2.18. The molecule has 0 fully saturated rings. The number of hydrogen-bond donors (Lipinski definition) is 3. The zero-order valence-electron chi connectivity index (χ0n) is 11.7. The van der Waals surface area contributed by atoms with E-state index in [0.29, 0.717) is 23.0 Å². The van der Waals surface area contributed by atoms with E-state index in [1.807, 2.05) is 6.07 Å². The highest BCUT2D eigenvalue weighted by molar-refractivity contribution is 5.77. The largest absolute Gasteiger partial charge is 0.479 e. The van der Waals surface area contributed by atoms with E-state index in [9.17, 15) is 9.90 Å². The SMILES string of the molecule is Cc1cc(NCC(C)(O)C(=O)O)nc(-c2ccccn2)n1. The Labute approximate surface area is 121 Å². The van der Waals surface area contributed by atoms with Gasteiger partial charge in [0.05, 0.1) is 6.54 Å². The number of carbonyl (C=O) groups is 1. The highest BCUT2D eigenvalue weighted by Gasteiger charge is 2.29. The molecule has 0 saturated heterocycles. The van der Waals surface area contributed by atoms with E-state index in [4.69, 9.17) is 5.11 Å². The second-order valence-electron chi connectivity index (χ2n) is 4.87. The Morgan fingerprint density at radius 1 is 1.38 bits per heavy atom. The number of aliphatic hydroxyl groups is 1. The van der Waals surface area contributed by atoms with Crippen LogP contribution in [0.2, 0.25) is 0 Å². The number of nitrogens with one attached hydrogen (secondary N) is 1. The van der Waals surface area contributed by atoms with Crippen LogP contribution >= 0.6 is 0 Å². The lowest BCUT2D eigenvalue weighted by molar-refractivity contribution is -0.155. The number of aryl methyl sites for hydroxylation is 1. The first kappa shape index (κ1) is 14.9. The van der Waals surface area contributed by atoms with Crippen molar-refractivity contribution in [3.05, 3.63) is 36.2 Å². The van der Waals surface area contributed by atoms with Crippen LogP contribution in [0.1, 0.15) is 12.6 Å². The van der Waals surface area contributed by atoms with Gasteiger partial charge in [-0.25, -0.2) is 14.8 Å². The highest BCUT2D eigenvalue weighted by Crippen LogP contribution is 2.16. The van der Waals surface area contributed by atoms with Crippen LogP contribution in [-0.4, -0.2) is 43.3 Å². The van der Waals surface area contributed by atoms with E-state index >= 15 is 0 Å². The first-order valence-electron chi connectivity index (χ1n) is 6.35. The molecule has 2 heterocycles. The minimum absolute atomic E-state index is 0.166. The van der Waals surface area contributed by atoms with Gasteiger partial charge in [-0.3, -0.25) is 4.98 Å². The molecule has 0 spiro atoms. The fraction of sp³-hybridized carbons (Fsp3) is 0.286. The smallest absolute Gasteiger partial charge is 0.337 e. The number of pyridine rings is 1. The molecule has 0 amide bonds. The molecule has 1 unspecified atom stereocenters. The van der Waals surface area contributed by atoms with Crippen LogP contribution in [0, 0.1) is 6.92 Å². The van der Waals surface area contributed by atoms with Crippen molar-refractivity contribution >= 4 is 11.8 Å². The standard InChI is InChI=1S/C14H16N4O3/c1-9-7-11(16-8-14(2,21)13(19)20)18-12(17-9)10-5-3-4-6-15-10/h3-7,21H,8H2,1-2H3,(H,19,20)(H,16,17,18). The van der Waals surface area contributed by atoms with Crippen LogP contribution in [0.4, 0.5) is 5.82 Å². The van der Waals surface area contributed by atoms with E-state index < -0.39 is 11.6 Å². The average Bonchev–Trinajstić information content (AvgIpc) is 2.45. The summed E-state index contributed by atoms with van der Waals surface area (Å²) >= 11 is 0. The van der Waals surface area contributed by atoms with Gasteiger partial charge in [-0.15, -0.1) is 0 Å². The normalized spacial score (nSPS) is 13.5. The summed E-state index contributed by atoms with van der Waals surface area (Å²) in [6, 6.07) is 7.08. The third-order valence-electron chi connectivity index (χ3n) is 2.82. The maximum absolute atomic E-state index is 10.9. The molecule has 2 aromatic rings. The molecular weight excluding hydrogens is 272 g/mol. The predicted molar refractivity (Wildman–Crippen MR) is 76.7 cm³/mol. The summed E-state index contributed by atoms with van der Waals surface area (Å²) in [5, 5.41) is 21.4. The van der Waals surface area contributed by atoms with Crippen molar-refractivity contribution in [2.24, 2.45) is 0 Å². The summed E-state index contributed by atoms with van der Waals surface area (Å²) < 4.78 is 0. The maximum Gasteiger partial charge on any atom is 0.337 e. The summed E-state index contributed by atoms with van der Waals surface area (Å²) in [7, 11) is 0. The van der Waals surface area contributed by atoms with Gasteiger partial charge in [-0.2, -0.15) is 0 Å². The molecule has 0 aromatic carbocycles. The fourth-order valence-electron chi connectivity index (χ4n) is 1.61. The molecule has 7 nitrogen and oxygen atoms in total. The minimum Gasteiger partial charge on any atom is -0.479 e. The third-order valence-corrected chi connectivity index (χ3v) is 2.82. The molecule has 2 aromatic heterocycles. The van der Waals surface area contributed by atoms with Crippen molar-refractivity contribution in [1.29, 1.82) is 0 Å². The Bertz CT molecular complexity index is 644. The van der Waals surface area contributed by atoms with E-state index in [1.165, 1.54) is 6.92 Å². The predicted octanol–water partition coefficient (Wildman–Crippen LogP) is 1.09. The Morgan fingerprint density at radius 3 is 2.76 bits per heavy atom.